The highest BCUT2D eigenvalue weighted by atomic mass is 19.1. The van der Waals surface area contributed by atoms with Gasteiger partial charge in [0.15, 0.2) is 0 Å². The third kappa shape index (κ3) is 3.06. The van der Waals surface area contributed by atoms with E-state index in [0.717, 1.165) is 16.6 Å². The number of aromatic amines is 1. The van der Waals surface area contributed by atoms with Crippen LogP contribution in [0.2, 0.25) is 0 Å². The summed E-state index contributed by atoms with van der Waals surface area (Å²) >= 11 is 0. The van der Waals surface area contributed by atoms with Gasteiger partial charge in [-0.15, -0.1) is 0 Å². The quantitative estimate of drug-likeness (QED) is 0.595. The predicted octanol–water partition coefficient (Wildman–Crippen LogP) is 3.03. The summed E-state index contributed by atoms with van der Waals surface area (Å²) in [5, 5.41) is 7.17. The number of nitrogens with one attached hydrogen (secondary N) is 2. The Bertz CT molecular complexity index is 1050. The summed E-state index contributed by atoms with van der Waals surface area (Å²) in [7, 11) is 1.70. The predicted molar refractivity (Wildman–Crippen MR) is 95.9 cm³/mol. The molecule has 0 unspecified atom stereocenters. The first-order valence-electron chi connectivity index (χ1n) is 8.12. The van der Waals surface area contributed by atoms with E-state index in [9.17, 15) is 9.18 Å². The number of para-hydroxylation sites is 2. The molecule has 4 rings (SSSR count). The van der Waals surface area contributed by atoms with Crippen LogP contribution in [0.5, 0.6) is 0 Å². The molecule has 0 aliphatic rings. The molecule has 0 fully saturated rings. The van der Waals surface area contributed by atoms with Gasteiger partial charge in [0, 0.05) is 12.6 Å². The van der Waals surface area contributed by atoms with Gasteiger partial charge in [-0.2, -0.15) is 5.10 Å². The zero-order chi connectivity index (χ0) is 18.1. The van der Waals surface area contributed by atoms with Crippen molar-refractivity contribution in [1.82, 2.24) is 25.1 Å². The van der Waals surface area contributed by atoms with Crippen molar-refractivity contribution >= 4 is 16.9 Å². The fourth-order valence-corrected chi connectivity index (χ4v) is 2.79. The van der Waals surface area contributed by atoms with Crippen LogP contribution in [0.3, 0.4) is 0 Å². The molecule has 7 heteroatoms. The third-order valence-electron chi connectivity index (χ3n) is 4.11. The highest BCUT2D eigenvalue weighted by Gasteiger charge is 2.15. The molecule has 130 valence electrons. The van der Waals surface area contributed by atoms with Crippen LogP contribution in [-0.4, -0.2) is 25.7 Å². The second kappa shape index (κ2) is 6.44. The number of carbonyl (C=O) groups excluding carboxylic acids is 1. The van der Waals surface area contributed by atoms with Gasteiger partial charge >= 0.3 is 0 Å². The smallest absolute Gasteiger partial charge is 0.269 e. The summed E-state index contributed by atoms with van der Waals surface area (Å²) in [5.41, 5.74) is 3.56. The van der Waals surface area contributed by atoms with E-state index in [0.29, 0.717) is 17.2 Å². The van der Waals surface area contributed by atoms with Gasteiger partial charge in [0.05, 0.1) is 23.3 Å². The van der Waals surface area contributed by atoms with E-state index in [4.69, 9.17) is 0 Å². The number of halogens is 1. The fourth-order valence-electron chi connectivity index (χ4n) is 2.79. The number of rotatable bonds is 4. The molecule has 26 heavy (non-hydrogen) atoms. The van der Waals surface area contributed by atoms with Crippen LogP contribution in [0.4, 0.5) is 4.39 Å². The lowest BCUT2D eigenvalue weighted by atomic mass is 10.1. The number of benzene rings is 2. The van der Waals surface area contributed by atoms with Crippen LogP contribution >= 0.6 is 0 Å². The average Bonchev–Trinajstić information content (AvgIpc) is 3.23. The molecule has 0 atom stereocenters. The Morgan fingerprint density at radius 3 is 2.73 bits per heavy atom. The number of nitrogens with zero attached hydrogens (tertiary/aromatic N) is 3. The summed E-state index contributed by atoms with van der Waals surface area (Å²) in [6.07, 6.45) is 0. The second-order valence-corrected chi connectivity index (χ2v) is 5.93. The van der Waals surface area contributed by atoms with E-state index < -0.39 is 0 Å². The Kier molecular flexibility index (Phi) is 3.96. The molecule has 2 aromatic carbocycles. The molecule has 2 heterocycles. The number of aromatic nitrogens is 4. The molecule has 2 aromatic heterocycles. The number of hydrogen-bond acceptors (Lipinski definition) is 3. The molecule has 0 saturated heterocycles. The van der Waals surface area contributed by atoms with E-state index in [2.05, 4.69) is 20.4 Å². The van der Waals surface area contributed by atoms with E-state index in [-0.39, 0.29) is 18.3 Å². The minimum Gasteiger partial charge on any atom is -0.343 e. The monoisotopic (exact) mass is 349 g/mol. The number of carbonyl (C=O) groups is 1. The molecule has 2 N–H and O–H groups in total. The van der Waals surface area contributed by atoms with Crippen LogP contribution in [-0.2, 0) is 13.6 Å². The highest BCUT2D eigenvalue weighted by Crippen LogP contribution is 2.19. The maximum Gasteiger partial charge on any atom is 0.269 e. The summed E-state index contributed by atoms with van der Waals surface area (Å²) in [6.45, 7) is 0.282. The minimum atomic E-state index is -0.312. The lowest BCUT2D eigenvalue weighted by Crippen LogP contribution is -2.25. The molecule has 6 nitrogen and oxygen atoms in total. The molecule has 0 aliphatic carbocycles. The van der Waals surface area contributed by atoms with Crippen LogP contribution in [0, 0.1) is 5.82 Å². The number of H-pyrrole nitrogens is 1. The maximum absolute atomic E-state index is 13.1. The normalized spacial score (nSPS) is 11.0. The fraction of sp³-hybridized carbons (Fsp3) is 0.105. The van der Waals surface area contributed by atoms with Crippen LogP contribution in [0.1, 0.15) is 16.3 Å². The molecular weight excluding hydrogens is 333 g/mol. The Labute approximate surface area is 148 Å². The minimum absolute atomic E-state index is 0.256. The maximum atomic E-state index is 13.1. The van der Waals surface area contributed by atoms with Gasteiger partial charge in [-0.3, -0.25) is 9.48 Å². The zero-order valence-electron chi connectivity index (χ0n) is 14.0. The third-order valence-corrected chi connectivity index (χ3v) is 4.11. The van der Waals surface area contributed by atoms with E-state index in [1.165, 1.54) is 16.8 Å². The summed E-state index contributed by atoms with van der Waals surface area (Å²) < 4.78 is 14.6. The van der Waals surface area contributed by atoms with E-state index >= 15 is 0 Å². The Morgan fingerprint density at radius 2 is 1.96 bits per heavy atom. The van der Waals surface area contributed by atoms with Crippen molar-refractivity contribution in [2.45, 2.75) is 6.54 Å². The SMILES string of the molecule is Cn1nc(-c2ccc(F)cc2)cc1C(=O)NCc1nc2ccccc2[nH]1. The number of fused-ring (bicyclic) bond motifs is 1. The molecule has 0 spiro atoms. The number of imidazole rings is 1. The second-order valence-electron chi connectivity index (χ2n) is 5.93. The standard InChI is InChI=1S/C19H16FN5O/c1-25-17(10-16(24-25)12-6-8-13(20)9-7-12)19(26)21-11-18-22-14-4-2-3-5-15(14)23-18/h2-10H,11H2,1H3,(H,21,26)(H,22,23). The van der Waals surface area contributed by atoms with Crippen molar-refractivity contribution in [2.24, 2.45) is 7.05 Å². The van der Waals surface area contributed by atoms with Crippen molar-refractivity contribution in [3.63, 3.8) is 0 Å². The first kappa shape index (κ1) is 16.0. The topological polar surface area (TPSA) is 75.6 Å². The summed E-state index contributed by atoms with van der Waals surface area (Å²) in [4.78, 5) is 20.1. The largest absolute Gasteiger partial charge is 0.343 e. The van der Waals surface area contributed by atoms with E-state index in [1.807, 2.05) is 24.3 Å². The first-order valence-corrected chi connectivity index (χ1v) is 8.12. The van der Waals surface area contributed by atoms with E-state index in [1.54, 1.807) is 25.2 Å². The lowest BCUT2D eigenvalue weighted by molar-refractivity contribution is 0.0940. The molecule has 0 bridgehead atoms. The van der Waals surface area contributed by atoms with Crippen LogP contribution < -0.4 is 5.32 Å². The number of amides is 1. The number of hydrogen-bond donors (Lipinski definition) is 2. The van der Waals surface area contributed by atoms with Crippen molar-refractivity contribution in [3.8, 4) is 11.3 Å². The van der Waals surface area contributed by atoms with Crippen molar-refractivity contribution in [3.05, 3.63) is 71.9 Å². The first-order chi connectivity index (χ1) is 12.6. The van der Waals surface area contributed by atoms with Gasteiger partial charge < -0.3 is 10.3 Å². The van der Waals surface area contributed by atoms with Gasteiger partial charge in [0.1, 0.15) is 17.3 Å². The summed E-state index contributed by atoms with van der Waals surface area (Å²) in [6, 6.07) is 15.4. The van der Waals surface area contributed by atoms with Crippen LogP contribution in [0.25, 0.3) is 22.3 Å². The number of aryl methyl sites for hydroxylation is 1. The van der Waals surface area contributed by atoms with Gasteiger partial charge in [-0.1, -0.05) is 12.1 Å². The Morgan fingerprint density at radius 1 is 1.19 bits per heavy atom. The van der Waals surface area contributed by atoms with Crippen molar-refractivity contribution < 1.29 is 9.18 Å². The van der Waals surface area contributed by atoms with Crippen molar-refractivity contribution in [2.75, 3.05) is 0 Å². The Hall–Kier alpha value is -3.48. The average molecular weight is 349 g/mol. The zero-order valence-corrected chi connectivity index (χ0v) is 14.0. The van der Waals surface area contributed by atoms with Gasteiger partial charge in [-0.25, -0.2) is 9.37 Å². The molecule has 0 saturated carbocycles. The molecule has 0 radical (unpaired) electrons. The molecule has 1 amide bonds. The van der Waals surface area contributed by atoms with Gasteiger partial charge in [-0.05, 0) is 42.5 Å². The van der Waals surface area contributed by atoms with Crippen LogP contribution in [0.15, 0.2) is 54.6 Å². The van der Waals surface area contributed by atoms with Gasteiger partial charge in [0.25, 0.3) is 5.91 Å². The van der Waals surface area contributed by atoms with Crippen molar-refractivity contribution in [1.29, 1.82) is 0 Å². The molecule has 4 aromatic rings. The molecule has 0 aliphatic heterocycles. The van der Waals surface area contributed by atoms with Gasteiger partial charge in [0.2, 0.25) is 0 Å². The lowest BCUT2D eigenvalue weighted by Gasteiger charge is -2.02. The molecular formula is C19H16FN5O. The summed E-state index contributed by atoms with van der Waals surface area (Å²) in [5.74, 6) is 0.114. The highest BCUT2D eigenvalue weighted by molar-refractivity contribution is 5.93. The Balaban J connectivity index is 1.50.